The summed E-state index contributed by atoms with van der Waals surface area (Å²) < 4.78 is 2.24. The third-order valence-electron chi connectivity index (χ3n) is 3.56. The van der Waals surface area contributed by atoms with E-state index in [9.17, 15) is 0 Å². The number of imidazole rings is 1. The molecule has 3 rings (SSSR count). The fourth-order valence-corrected chi connectivity index (χ4v) is 2.49. The van der Waals surface area contributed by atoms with Crippen molar-refractivity contribution in [2.45, 2.75) is 19.4 Å². The summed E-state index contributed by atoms with van der Waals surface area (Å²) >= 11 is 0. The molecule has 0 saturated heterocycles. The molecule has 1 aliphatic heterocycles. The van der Waals surface area contributed by atoms with Crippen molar-refractivity contribution in [2.24, 2.45) is 7.05 Å². The zero-order valence-electron chi connectivity index (χ0n) is 10.6. The van der Waals surface area contributed by atoms with E-state index < -0.39 is 0 Å². The van der Waals surface area contributed by atoms with Crippen LogP contribution in [-0.2, 0) is 26.4 Å². The van der Waals surface area contributed by atoms with Crippen LogP contribution in [0.3, 0.4) is 0 Å². The van der Waals surface area contributed by atoms with Crippen molar-refractivity contribution in [1.82, 2.24) is 14.9 Å². The molecule has 0 fully saturated rings. The second-order valence-corrected chi connectivity index (χ2v) is 4.83. The van der Waals surface area contributed by atoms with Crippen molar-refractivity contribution in [3.8, 4) is 0 Å². The van der Waals surface area contributed by atoms with Crippen LogP contribution in [0.1, 0.15) is 22.8 Å². The molecule has 4 nitrogen and oxygen atoms in total. The summed E-state index contributed by atoms with van der Waals surface area (Å²) in [4.78, 5) is 4.74. The van der Waals surface area contributed by atoms with E-state index in [0.717, 1.165) is 37.4 Å². The van der Waals surface area contributed by atoms with Crippen molar-refractivity contribution in [2.75, 3.05) is 12.3 Å². The van der Waals surface area contributed by atoms with Crippen LogP contribution in [0.25, 0.3) is 0 Å². The van der Waals surface area contributed by atoms with E-state index in [0.29, 0.717) is 0 Å². The maximum absolute atomic E-state index is 5.70. The smallest absolute Gasteiger partial charge is 0.113 e. The maximum Gasteiger partial charge on any atom is 0.113 e. The van der Waals surface area contributed by atoms with E-state index in [1.54, 1.807) is 0 Å². The lowest BCUT2D eigenvalue weighted by molar-refractivity contribution is 0.610. The van der Waals surface area contributed by atoms with E-state index in [1.807, 2.05) is 12.1 Å². The molecule has 0 aliphatic carbocycles. The first-order valence-corrected chi connectivity index (χ1v) is 6.32. The van der Waals surface area contributed by atoms with Crippen molar-refractivity contribution in [3.63, 3.8) is 0 Å². The molecule has 0 radical (unpaired) electrons. The summed E-state index contributed by atoms with van der Waals surface area (Å²) in [5, 5.41) is 3.36. The number of hydrogen-bond acceptors (Lipinski definition) is 3. The van der Waals surface area contributed by atoms with Gasteiger partial charge in [-0.1, -0.05) is 12.1 Å². The number of rotatable bonds is 2. The minimum Gasteiger partial charge on any atom is -0.399 e. The molecule has 1 aromatic heterocycles. The normalized spacial score (nSPS) is 14.5. The summed E-state index contributed by atoms with van der Waals surface area (Å²) in [6.45, 7) is 1.94. The molecule has 0 bridgehead atoms. The lowest BCUT2D eigenvalue weighted by Crippen LogP contribution is -2.24. The number of benzene rings is 1. The van der Waals surface area contributed by atoms with Crippen LogP contribution >= 0.6 is 0 Å². The third kappa shape index (κ3) is 1.99. The first-order chi connectivity index (χ1) is 8.74. The predicted octanol–water partition coefficient (Wildman–Crippen LogP) is 1.24. The molecule has 2 aromatic rings. The highest BCUT2D eigenvalue weighted by molar-refractivity contribution is 5.40. The number of anilines is 1. The molecule has 1 aliphatic rings. The van der Waals surface area contributed by atoms with Gasteiger partial charge in [0.15, 0.2) is 0 Å². The minimum atomic E-state index is 0.807. The van der Waals surface area contributed by atoms with Gasteiger partial charge in [0, 0.05) is 44.4 Å². The van der Waals surface area contributed by atoms with E-state index >= 15 is 0 Å². The van der Waals surface area contributed by atoms with Crippen molar-refractivity contribution in [1.29, 1.82) is 0 Å². The van der Waals surface area contributed by atoms with Crippen LogP contribution in [0.15, 0.2) is 24.3 Å². The lowest BCUT2D eigenvalue weighted by Gasteiger charge is -2.13. The van der Waals surface area contributed by atoms with Gasteiger partial charge in [0.25, 0.3) is 0 Å². The van der Waals surface area contributed by atoms with Crippen LogP contribution < -0.4 is 11.1 Å². The fraction of sp³-hybridized carbons (Fsp3) is 0.357. The van der Waals surface area contributed by atoms with Gasteiger partial charge < -0.3 is 15.6 Å². The van der Waals surface area contributed by atoms with Crippen LogP contribution in [0.5, 0.6) is 0 Å². The summed E-state index contributed by atoms with van der Waals surface area (Å²) in [7, 11) is 2.11. The molecular formula is C14H18N4. The van der Waals surface area contributed by atoms with Gasteiger partial charge in [0.2, 0.25) is 0 Å². The highest BCUT2D eigenvalue weighted by Crippen LogP contribution is 2.17. The Labute approximate surface area is 107 Å². The summed E-state index contributed by atoms with van der Waals surface area (Å²) in [6, 6.07) is 8.03. The molecule has 0 saturated carbocycles. The quantitative estimate of drug-likeness (QED) is 0.779. The predicted molar refractivity (Wildman–Crippen MR) is 72.3 cm³/mol. The van der Waals surface area contributed by atoms with Gasteiger partial charge in [0.1, 0.15) is 5.82 Å². The Kier molecular flexibility index (Phi) is 2.80. The molecule has 3 N–H and O–H groups in total. The van der Waals surface area contributed by atoms with E-state index in [-0.39, 0.29) is 0 Å². The zero-order chi connectivity index (χ0) is 12.5. The van der Waals surface area contributed by atoms with E-state index in [4.69, 9.17) is 10.7 Å². The largest absolute Gasteiger partial charge is 0.399 e. The molecular weight excluding hydrogens is 224 g/mol. The molecule has 0 atom stereocenters. The maximum atomic E-state index is 5.70. The highest BCUT2D eigenvalue weighted by atomic mass is 15.1. The lowest BCUT2D eigenvalue weighted by atomic mass is 10.1. The number of nitrogens with zero attached hydrogens (tertiary/aromatic N) is 2. The van der Waals surface area contributed by atoms with E-state index in [1.165, 1.54) is 17.0 Å². The molecule has 2 heterocycles. The zero-order valence-corrected chi connectivity index (χ0v) is 10.6. The van der Waals surface area contributed by atoms with Crippen LogP contribution in [0, 0.1) is 0 Å². The van der Waals surface area contributed by atoms with Crippen LogP contribution in [0.2, 0.25) is 0 Å². The van der Waals surface area contributed by atoms with Gasteiger partial charge in [-0.15, -0.1) is 0 Å². The second-order valence-electron chi connectivity index (χ2n) is 4.83. The Morgan fingerprint density at radius 2 is 2.11 bits per heavy atom. The molecule has 0 spiro atoms. The molecule has 18 heavy (non-hydrogen) atoms. The second kappa shape index (κ2) is 4.46. The Bertz CT molecular complexity index is 554. The third-order valence-corrected chi connectivity index (χ3v) is 3.56. The van der Waals surface area contributed by atoms with Crippen LogP contribution in [-0.4, -0.2) is 16.1 Å². The number of nitrogen functional groups attached to an aromatic ring is 1. The Balaban J connectivity index is 1.88. The van der Waals surface area contributed by atoms with Crippen molar-refractivity contribution in [3.05, 3.63) is 47.0 Å². The standard InChI is InChI=1S/C14H18N4/c1-18-13-6-7-16-9-12(13)17-14(18)8-10-2-4-11(15)5-3-10/h2-5,16H,6-9,15H2,1H3. The molecule has 0 amide bonds. The number of hydrogen-bond donors (Lipinski definition) is 2. The van der Waals surface area contributed by atoms with Gasteiger partial charge >= 0.3 is 0 Å². The van der Waals surface area contributed by atoms with Gasteiger partial charge in [-0.2, -0.15) is 0 Å². The Morgan fingerprint density at radius 3 is 2.83 bits per heavy atom. The number of nitrogens with one attached hydrogen (secondary N) is 1. The number of aromatic nitrogens is 2. The average Bonchev–Trinajstić information content (AvgIpc) is 2.70. The first kappa shape index (κ1) is 11.3. The molecule has 0 unspecified atom stereocenters. The van der Waals surface area contributed by atoms with Gasteiger partial charge in [-0.05, 0) is 17.7 Å². The molecule has 4 heteroatoms. The van der Waals surface area contributed by atoms with E-state index in [2.05, 4.69) is 29.1 Å². The summed E-state index contributed by atoms with van der Waals surface area (Å²) in [5.74, 6) is 1.13. The minimum absolute atomic E-state index is 0.807. The van der Waals surface area contributed by atoms with Crippen molar-refractivity contribution < 1.29 is 0 Å². The summed E-state index contributed by atoms with van der Waals surface area (Å²) in [5.41, 5.74) is 10.3. The Morgan fingerprint density at radius 1 is 1.33 bits per heavy atom. The fourth-order valence-electron chi connectivity index (χ4n) is 2.49. The Hall–Kier alpha value is -1.81. The SMILES string of the molecule is Cn1c(Cc2ccc(N)cc2)nc2c1CCNC2. The highest BCUT2D eigenvalue weighted by Gasteiger charge is 2.17. The molecule has 1 aromatic carbocycles. The van der Waals surface area contributed by atoms with Gasteiger partial charge in [-0.25, -0.2) is 4.98 Å². The van der Waals surface area contributed by atoms with Gasteiger partial charge in [-0.3, -0.25) is 0 Å². The van der Waals surface area contributed by atoms with Gasteiger partial charge in [0.05, 0.1) is 5.69 Å². The topological polar surface area (TPSA) is 55.9 Å². The first-order valence-electron chi connectivity index (χ1n) is 6.32. The number of nitrogens with two attached hydrogens (primary N) is 1. The summed E-state index contributed by atoms with van der Waals surface area (Å²) in [6.07, 6.45) is 1.93. The number of fused-ring (bicyclic) bond motifs is 1. The van der Waals surface area contributed by atoms with Crippen molar-refractivity contribution >= 4 is 5.69 Å². The van der Waals surface area contributed by atoms with Crippen LogP contribution in [0.4, 0.5) is 5.69 Å². The molecule has 94 valence electrons. The monoisotopic (exact) mass is 242 g/mol. The average molecular weight is 242 g/mol.